The number of nitrogens with one attached hydrogen (secondary N) is 1. The van der Waals surface area contributed by atoms with Crippen LogP contribution in [0.5, 0.6) is 0 Å². The van der Waals surface area contributed by atoms with Crippen LogP contribution in [0.2, 0.25) is 0 Å². The first-order valence-electron chi connectivity index (χ1n) is 6.12. The van der Waals surface area contributed by atoms with Gasteiger partial charge in [0.15, 0.2) is 0 Å². The molecule has 0 saturated carbocycles. The largest absolute Gasteiger partial charge is 0.468 e. The highest BCUT2D eigenvalue weighted by atomic mass is 16.6. The van der Waals surface area contributed by atoms with Crippen molar-refractivity contribution in [3.05, 3.63) is 39.9 Å². The van der Waals surface area contributed by atoms with Crippen molar-refractivity contribution >= 4 is 23.4 Å². The number of methoxy groups -OCH3 is 1. The molecular weight excluding hydrogens is 278 g/mol. The summed E-state index contributed by atoms with van der Waals surface area (Å²) in [6, 6.07) is 4.41. The van der Waals surface area contributed by atoms with E-state index in [1.165, 1.54) is 25.3 Å². The summed E-state index contributed by atoms with van der Waals surface area (Å²) in [5, 5.41) is 13.4. The average Bonchev–Trinajstić information content (AvgIpc) is 2.45. The van der Waals surface area contributed by atoms with Gasteiger partial charge in [0.25, 0.3) is 5.69 Å². The molecule has 2 unspecified atom stereocenters. The number of benzene rings is 1. The van der Waals surface area contributed by atoms with Gasteiger partial charge in [-0.3, -0.25) is 14.9 Å². The van der Waals surface area contributed by atoms with Gasteiger partial charge in [-0.15, -0.1) is 0 Å². The van der Waals surface area contributed by atoms with E-state index in [2.05, 4.69) is 10.3 Å². The van der Waals surface area contributed by atoms with E-state index >= 15 is 0 Å². The molecule has 110 valence electrons. The lowest BCUT2D eigenvalue weighted by Crippen LogP contribution is -2.44. The predicted octanol–water partition coefficient (Wildman–Crippen LogP) is 1.61. The van der Waals surface area contributed by atoms with E-state index in [9.17, 15) is 19.7 Å². The van der Waals surface area contributed by atoms with Crippen molar-refractivity contribution in [1.82, 2.24) is 5.32 Å². The second-order valence-electron chi connectivity index (χ2n) is 4.53. The maximum absolute atomic E-state index is 11.9. The van der Waals surface area contributed by atoms with E-state index in [1.54, 1.807) is 13.0 Å². The van der Waals surface area contributed by atoms with Crippen molar-refractivity contribution in [2.75, 3.05) is 7.11 Å². The molecule has 0 radical (unpaired) electrons. The molecule has 1 heterocycles. The van der Waals surface area contributed by atoms with Crippen LogP contribution in [0.4, 0.5) is 10.5 Å². The summed E-state index contributed by atoms with van der Waals surface area (Å²) in [5.41, 5.74) is 0.634. The average molecular weight is 291 g/mol. The van der Waals surface area contributed by atoms with Crippen LogP contribution in [-0.2, 0) is 9.53 Å². The SMILES string of the molecule is COC(=O)C1C(C)=NC(=O)NC1c1cccc([N+](=O)[O-])c1. The third-order valence-electron chi connectivity index (χ3n) is 3.24. The van der Waals surface area contributed by atoms with Crippen molar-refractivity contribution in [2.24, 2.45) is 10.9 Å². The number of nitro benzene ring substituents is 1. The molecule has 2 amide bonds. The van der Waals surface area contributed by atoms with Gasteiger partial charge in [0.1, 0.15) is 5.92 Å². The minimum Gasteiger partial charge on any atom is -0.468 e. The summed E-state index contributed by atoms with van der Waals surface area (Å²) >= 11 is 0. The molecule has 1 aliphatic heterocycles. The Balaban J connectivity index is 2.46. The van der Waals surface area contributed by atoms with Crippen LogP contribution in [-0.4, -0.2) is 29.7 Å². The standard InChI is InChI=1S/C13H13N3O5/c1-7-10(12(17)21-2)11(15-13(18)14-7)8-4-3-5-9(6-8)16(19)20/h3-6,10-11H,1-2H3,(H,15,18). The molecule has 0 aromatic heterocycles. The Morgan fingerprint density at radius 2 is 2.19 bits per heavy atom. The Bertz CT molecular complexity index is 640. The monoisotopic (exact) mass is 291 g/mol. The molecule has 0 fully saturated rings. The fourth-order valence-corrected chi connectivity index (χ4v) is 2.26. The summed E-state index contributed by atoms with van der Waals surface area (Å²) in [7, 11) is 1.23. The van der Waals surface area contributed by atoms with Gasteiger partial charge in [-0.05, 0) is 12.5 Å². The number of nitro groups is 1. The maximum atomic E-state index is 11.9. The minimum atomic E-state index is -0.810. The first-order chi connectivity index (χ1) is 9.93. The Hall–Kier alpha value is -2.77. The lowest BCUT2D eigenvalue weighted by molar-refractivity contribution is -0.384. The van der Waals surface area contributed by atoms with Crippen molar-refractivity contribution in [1.29, 1.82) is 0 Å². The van der Waals surface area contributed by atoms with Crippen molar-refractivity contribution < 1.29 is 19.2 Å². The summed E-state index contributed by atoms with van der Waals surface area (Å²) in [6.07, 6.45) is 0. The molecule has 8 nitrogen and oxygen atoms in total. The number of rotatable bonds is 3. The number of esters is 1. The van der Waals surface area contributed by atoms with Crippen LogP contribution >= 0.6 is 0 Å². The number of nitrogens with zero attached hydrogens (tertiary/aromatic N) is 2. The summed E-state index contributed by atoms with van der Waals surface area (Å²) in [4.78, 5) is 37.4. The molecule has 2 rings (SSSR count). The van der Waals surface area contributed by atoms with Crippen molar-refractivity contribution in [3.63, 3.8) is 0 Å². The van der Waals surface area contributed by atoms with Crippen LogP contribution in [0.15, 0.2) is 29.3 Å². The molecule has 1 N–H and O–H groups in total. The molecule has 1 aromatic rings. The van der Waals surface area contributed by atoms with Crippen LogP contribution < -0.4 is 5.32 Å². The van der Waals surface area contributed by atoms with Gasteiger partial charge in [0, 0.05) is 17.8 Å². The minimum absolute atomic E-state index is 0.120. The highest BCUT2D eigenvalue weighted by Crippen LogP contribution is 2.29. The van der Waals surface area contributed by atoms with E-state index in [4.69, 9.17) is 4.74 Å². The molecule has 0 aliphatic carbocycles. The van der Waals surface area contributed by atoms with Gasteiger partial charge in [0.05, 0.1) is 18.1 Å². The molecule has 0 saturated heterocycles. The van der Waals surface area contributed by atoms with E-state index in [0.29, 0.717) is 11.3 Å². The molecular formula is C13H13N3O5. The number of carbonyl (C=O) groups is 2. The Morgan fingerprint density at radius 3 is 2.81 bits per heavy atom. The highest BCUT2D eigenvalue weighted by Gasteiger charge is 2.38. The fourth-order valence-electron chi connectivity index (χ4n) is 2.26. The zero-order valence-corrected chi connectivity index (χ0v) is 11.4. The van der Waals surface area contributed by atoms with Gasteiger partial charge in [0.2, 0.25) is 0 Å². The number of aliphatic imine (C=N–C) groups is 1. The number of urea groups is 1. The third-order valence-corrected chi connectivity index (χ3v) is 3.24. The van der Waals surface area contributed by atoms with Crippen LogP contribution in [0, 0.1) is 16.0 Å². The lowest BCUT2D eigenvalue weighted by atomic mass is 9.88. The maximum Gasteiger partial charge on any atom is 0.341 e. The zero-order valence-electron chi connectivity index (χ0n) is 11.4. The normalized spacial score (nSPS) is 21.2. The van der Waals surface area contributed by atoms with Gasteiger partial charge in [-0.1, -0.05) is 12.1 Å². The molecule has 0 bridgehead atoms. The first-order valence-corrected chi connectivity index (χ1v) is 6.12. The van der Waals surface area contributed by atoms with Crippen molar-refractivity contribution in [3.8, 4) is 0 Å². The van der Waals surface area contributed by atoms with Gasteiger partial charge in [-0.25, -0.2) is 9.79 Å². The number of hydrogen-bond donors (Lipinski definition) is 1. The summed E-state index contributed by atoms with van der Waals surface area (Å²) < 4.78 is 4.72. The van der Waals surface area contributed by atoms with E-state index in [0.717, 1.165) is 0 Å². The highest BCUT2D eigenvalue weighted by molar-refractivity contribution is 6.08. The zero-order chi connectivity index (χ0) is 15.6. The Kier molecular flexibility index (Phi) is 3.97. The van der Waals surface area contributed by atoms with Crippen molar-refractivity contribution in [2.45, 2.75) is 13.0 Å². The molecule has 0 spiro atoms. The van der Waals surface area contributed by atoms with Crippen LogP contribution in [0.3, 0.4) is 0 Å². The number of amides is 2. The van der Waals surface area contributed by atoms with Gasteiger partial charge >= 0.3 is 12.0 Å². The fraction of sp³-hybridized carbons (Fsp3) is 0.308. The third kappa shape index (κ3) is 2.88. The molecule has 2 atom stereocenters. The molecule has 21 heavy (non-hydrogen) atoms. The molecule has 1 aliphatic rings. The molecule has 1 aromatic carbocycles. The smallest absolute Gasteiger partial charge is 0.341 e. The summed E-state index contributed by atoms with van der Waals surface area (Å²) in [6.45, 7) is 1.55. The Labute approximate surface area is 120 Å². The second-order valence-corrected chi connectivity index (χ2v) is 4.53. The van der Waals surface area contributed by atoms with Gasteiger partial charge in [-0.2, -0.15) is 0 Å². The number of carbonyl (C=O) groups excluding carboxylic acids is 2. The van der Waals surface area contributed by atoms with E-state index < -0.39 is 28.9 Å². The van der Waals surface area contributed by atoms with E-state index in [-0.39, 0.29) is 5.69 Å². The summed E-state index contributed by atoms with van der Waals surface area (Å²) in [5.74, 6) is -1.37. The second kappa shape index (κ2) is 5.70. The lowest BCUT2D eigenvalue weighted by Gasteiger charge is -2.29. The first kappa shape index (κ1) is 14.6. The molecule has 8 heteroatoms. The number of non-ortho nitro benzene ring substituents is 1. The quantitative estimate of drug-likeness (QED) is 0.516. The van der Waals surface area contributed by atoms with Crippen LogP contribution in [0.1, 0.15) is 18.5 Å². The number of hydrogen-bond acceptors (Lipinski definition) is 5. The topological polar surface area (TPSA) is 111 Å². The number of ether oxygens (including phenoxy) is 1. The van der Waals surface area contributed by atoms with Gasteiger partial charge < -0.3 is 10.1 Å². The van der Waals surface area contributed by atoms with E-state index in [1.807, 2.05) is 0 Å². The predicted molar refractivity (Wildman–Crippen MR) is 73.0 cm³/mol. The Morgan fingerprint density at radius 1 is 1.48 bits per heavy atom. The van der Waals surface area contributed by atoms with Crippen LogP contribution in [0.25, 0.3) is 0 Å².